The number of hydrogen-bond donors (Lipinski definition) is 1. The van der Waals surface area contributed by atoms with Crippen molar-refractivity contribution in [1.29, 1.82) is 0 Å². The summed E-state index contributed by atoms with van der Waals surface area (Å²) in [7, 11) is 0. The van der Waals surface area contributed by atoms with Crippen molar-refractivity contribution in [3.8, 4) is 11.4 Å². The third-order valence-electron chi connectivity index (χ3n) is 6.28. The summed E-state index contributed by atoms with van der Waals surface area (Å²) in [6, 6.07) is 8.82. The van der Waals surface area contributed by atoms with Gasteiger partial charge >= 0.3 is 6.18 Å². The van der Waals surface area contributed by atoms with E-state index in [-0.39, 0.29) is 5.56 Å². The van der Waals surface area contributed by atoms with Crippen molar-refractivity contribution < 1.29 is 13.2 Å². The molecule has 2 aliphatic heterocycles. The van der Waals surface area contributed by atoms with Crippen molar-refractivity contribution in [2.24, 2.45) is 0 Å². The Labute approximate surface area is 189 Å². The van der Waals surface area contributed by atoms with Crippen LogP contribution in [0.4, 0.5) is 19.0 Å². The number of aromatic nitrogens is 3. The Morgan fingerprint density at radius 1 is 1.00 bits per heavy atom. The number of halogens is 3. The topological polar surface area (TPSA) is 65.1 Å². The van der Waals surface area contributed by atoms with Crippen LogP contribution >= 0.6 is 0 Å². The van der Waals surface area contributed by atoms with Gasteiger partial charge in [0.05, 0.1) is 16.8 Å². The first-order chi connectivity index (χ1) is 15.9. The van der Waals surface area contributed by atoms with E-state index in [1.807, 2.05) is 6.20 Å². The van der Waals surface area contributed by atoms with Gasteiger partial charge in [0.2, 0.25) is 0 Å². The molecule has 0 spiro atoms. The summed E-state index contributed by atoms with van der Waals surface area (Å²) in [6.45, 7) is 4.01. The van der Waals surface area contributed by atoms with Crippen molar-refractivity contribution in [2.75, 3.05) is 24.5 Å². The molecule has 4 heterocycles. The molecule has 2 aliphatic rings. The predicted octanol–water partition coefficient (Wildman–Crippen LogP) is 4.01. The summed E-state index contributed by atoms with van der Waals surface area (Å²) >= 11 is 0. The van der Waals surface area contributed by atoms with Gasteiger partial charge in [-0.05, 0) is 36.6 Å². The molecule has 0 aliphatic carbocycles. The number of hydrogen-bond acceptors (Lipinski definition) is 5. The Morgan fingerprint density at radius 2 is 1.76 bits per heavy atom. The van der Waals surface area contributed by atoms with Crippen LogP contribution in [0.3, 0.4) is 0 Å². The van der Waals surface area contributed by atoms with Gasteiger partial charge in [0.1, 0.15) is 11.6 Å². The monoisotopic (exact) mass is 455 g/mol. The van der Waals surface area contributed by atoms with E-state index < -0.39 is 11.7 Å². The third-order valence-corrected chi connectivity index (χ3v) is 6.28. The molecule has 0 radical (unpaired) electrons. The normalized spacial score (nSPS) is 16.8. The van der Waals surface area contributed by atoms with Crippen LogP contribution in [-0.2, 0) is 25.7 Å². The van der Waals surface area contributed by atoms with Crippen LogP contribution in [0.1, 0.15) is 35.2 Å². The van der Waals surface area contributed by atoms with Crippen LogP contribution in [0.25, 0.3) is 11.4 Å². The Hall–Kier alpha value is -3.20. The molecule has 0 amide bonds. The number of anilines is 1. The average molecular weight is 455 g/mol. The number of rotatable bonds is 4. The van der Waals surface area contributed by atoms with Gasteiger partial charge in [0, 0.05) is 50.9 Å². The first-order valence-corrected chi connectivity index (χ1v) is 11.1. The van der Waals surface area contributed by atoms with Crippen LogP contribution in [0.2, 0.25) is 0 Å². The standard InChI is InChI=1S/C24H24F3N5O/c25-24(26,27)18-6-4-17(5-7-18)22-29-20-9-12-31(15-19(20)23(33)30-22)14-16-3-8-21(28-13-16)32-10-1-2-11-32/h3-8,13H,1-2,9-12,14-15H2,(H,29,30,33). The number of aromatic amines is 1. The number of H-pyrrole nitrogens is 1. The highest BCUT2D eigenvalue weighted by Gasteiger charge is 2.30. The number of benzene rings is 1. The number of pyridine rings is 1. The zero-order valence-corrected chi connectivity index (χ0v) is 18.0. The summed E-state index contributed by atoms with van der Waals surface area (Å²) < 4.78 is 38.4. The molecule has 1 saturated heterocycles. The second-order valence-electron chi connectivity index (χ2n) is 8.59. The Bertz CT molecular complexity index is 1180. The predicted molar refractivity (Wildman–Crippen MR) is 119 cm³/mol. The van der Waals surface area contributed by atoms with Gasteiger partial charge < -0.3 is 9.88 Å². The number of alkyl halides is 3. The lowest BCUT2D eigenvalue weighted by Gasteiger charge is -2.27. The van der Waals surface area contributed by atoms with Gasteiger partial charge in [-0.1, -0.05) is 18.2 Å². The molecule has 0 atom stereocenters. The van der Waals surface area contributed by atoms with Gasteiger partial charge in [-0.15, -0.1) is 0 Å². The maximum Gasteiger partial charge on any atom is 0.416 e. The van der Waals surface area contributed by atoms with E-state index in [2.05, 4.69) is 36.9 Å². The largest absolute Gasteiger partial charge is 0.416 e. The summed E-state index contributed by atoms with van der Waals surface area (Å²) in [4.78, 5) is 29.1. The van der Waals surface area contributed by atoms with E-state index in [4.69, 9.17) is 0 Å². The maximum absolute atomic E-state index is 12.8. The lowest BCUT2D eigenvalue weighted by Crippen LogP contribution is -2.35. The van der Waals surface area contributed by atoms with Crippen LogP contribution in [0.15, 0.2) is 47.4 Å². The van der Waals surface area contributed by atoms with Crippen molar-refractivity contribution in [3.05, 3.63) is 75.3 Å². The number of nitrogens with zero attached hydrogens (tertiary/aromatic N) is 4. The minimum atomic E-state index is -4.40. The van der Waals surface area contributed by atoms with E-state index in [0.29, 0.717) is 42.2 Å². The van der Waals surface area contributed by atoms with Crippen molar-refractivity contribution in [1.82, 2.24) is 19.9 Å². The van der Waals surface area contributed by atoms with Crippen LogP contribution < -0.4 is 10.5 Å². The quantitative estimate of drug-likeness (QED) is 0.644. The molecular formula is C24H24F3N5O. The summed E-state index contributed by atoms with van der Waals surface area (Å²) in [5.74, 6) is 1.30. The zero-order chi connectivity index (χ0) is 23.0. The molecule has 0 unspecified atom stereocenters. The van der Waals surface area contributed by atoms with Gasteiger partial charge in [0.25, 0.3) is 5.56 Å². The minimum Gasteiger partial charge on any atom is -0.357 e. The van der Waals surface area contributed by atoms with Crippen molar-refractivity contribution in [2.45, 2.75) is 38.5 Å². The highest BCUT2D eigenvalue weighted by atomic mass is 19.4. The maximum atomic E-state index is 12.8. The molecule has 9 heteroatoms. The molecule has 5 rings (SSSR count). The molecule has 6 nitrogen and oxygen atoms in total. The number of fused-ring (bicyclic) bond motifs is 1. The van der Waals surface area contributed by atoms with E-state index >= 15 is 0 Å². The van der Waals surface area contributed by atoms with Gasteiger partial charge in [-0.25, -0.2) is 9.97 Å². The lowest BCUT2D eigenvalue weighted by molar-refractivity contribution is -0.137. The fourth-order valence-corrected chi connectivity index (χ4v) is 4.47. The molecule has 172 valence electrons. The fraction of sp³-hybridized carbons (Fsp3) is 0.375. The molecule has 1 N–H and O–H groups in total. The van der Waals surface area contributed by atoms with E-state index in [0.717, 1.165) is 43.1 Å². The molecule has 3 aromatic rings. The summed E-state index contributed by atoms with van der Waals surface area (Å²) in [6.07, 6.45) is 0.522. The second-order valence-corrected chi connectivity index (χ2v) is 8.59. The molecule has 1 fully saturated rings. The van der Waals surface area contributed by atoms with Crippen LogP contribution in [0.5, 0.6) is 0 Å². The zero-order valence-electron chi connectivity index (χ0n) is 18.0. The highest BCUT2D eigenvalue weighted by Crippen LogP contribution is 2.30. The first kappa shape index (κ1) is 21.6. The molecule has 2 aromatic heterocycles. The Kier molecular flexibility index (Phi) is 5.65. The summed E-state index contributed by atoms with van der Waals surface area (Å²) in [5.41, 5.74) is 1.87. The van der Waals surface area contributed by atoms with Gasteiger partial charge in [0.15, 0.2) is 0 Å². The third kappa shape index (κ3) is 4.64. The lowest BCUT2D eigenvalue weighted by atomic mass is 10.1. The highest BCUT2D eigenvalue weighted by molar-refractivity contribution is 5.56. The van der Waals surface area contributed by atoms with E-state index in [9.17, 15) is 18.0 Å². The Morgan fingerprint density at radius 3 is 2.42 bits per heavy atom. The smallest absolute Gasteiger partial charge is 0.357 e. The second kappa shape index (κ2) is 8.62. The van der Waals surface area contributed by atoms with Crippen LogP contribution in [0, 0.1) is 0 Å². The molecule has 33 heavy (non-hydrogen) atoms. The Balaban J connectivity index is 1.29. The first-order valence-electron chi connectivity index (χ1n) is 11.1. The fourth-order valence-electron chi connectivity index (χ4n) is 4.47. The summed E-state index contributed by atoms with van der Waals surface area (Å²) in [5, 5.41) is 0. The SMILES string of the molecule is O=c1[nH]c(-c2ccc(C(F)(F)F)cc2)nc2c1CN(Cc1ccc(N3CCCC3)nc1)CC2. The van der Waals surface area contributed by atoms with Gasteiger partial charge in [-0.3, -0.25) is 9.69 Å². The van der Waals surface area contributed by atoms with Crippen LogP contribution in [-0.4, -0.2) is 39.5 Å². The number of nitrogens with one attached hydrogen (secondary N) is 1. The molecule has 1 aromatic carbocycles. The van der Waals surface area contributed by atoms with Crippen molar-refractivity contribution in [3.63, 3.8) is 0 Å². The van der Waals surface area contributed by atoms with E-state index in [1.54, 1.807) is 0 Å². The minimum absolute atomic E-state index is 0.248. The van der Waals surface area contributed by atoms with E-state index in [1.165, 1.54) is 25.0 Å². The molecule has 0 saturated carbocycles. The van der Waals surface area contributed by atoms with Gasteiger partial charge in [-0.2, -0.15) is 13.2 Å². The molecular weight excluding hydrogens is 431 g/mol. The molecule has 0 bridgehead atoms. The van der Waals surface area contributed by atoms with Crippen molar-refractivity contribution >= 4 is 5.82 Å². The average Bonchev–Trinajstić information content (AvgIpc) is 3.34.